The van der Waals surface area contributed by atoms with Gasteiger partial charge in [0.1, 0.15) is 6.33 Å². The van der Waals surface area contributed by atoms with Gasteiger partial charge in [0.15, 0.2) is 12.4 Å². The van der Waals surface area contributed by atoms with Crippen molar-refractivity contribution in [2.24, 2.45) is 0 Å². The maximum atomic E-state index is 11.0. The summed E-state index contributed by atoms with van der Waals surface area (Å²) >= 11 is 0. The maximum absolute atomic E-state index is 11.0. The van der Waals surface area contributed by atoms with E-state index in [0.29, 0.717) is 0 Å². The zero-order valence-corrected chi connectivity index (χ0v) is 10.4. The van der Waals surface area contributed by atoms with Gasteiger partial charge in [-0.05, 0) is 6.07 Å². The molecule has 0 saturated carbocycles. The fourth-order valence-electron chi connectivity index (χ4n) is 1.47. The molecule has 2 rings (SSSR count). The highest BCUT2D eigenvalue weighted by Gasteiger charge is 2.26. The highest BCUT2D eigenvalue weighted by Crippen LogP contribution is 2.14. The second-order valence-electron chi connectivity index (χ2n) is 3.74. The molecule has 7 heteroatoms. The van der Waals surface area contributed by atoms with Crippen molar-refractivity contribution in [3.63, 3.8) is 0 Å². The SMILES string of the molecule is CC([n+]1ccc(-c2ccncn2)cc1)S(=O)(=O)O. The van der Waals surface area contributed by atoms with E-state index in [1.165, 1.54) is 17.8 Å². The quantitative estimate of drug-likeness (QED) is 0.657. The second-order valence-corrected chi connectivity index (χ2v) is 5.46. The lowest BCUT2D eigenvalue weighted by molar-refractivity contribution is -0.699. The van der Waals surface area contributed by atoms with Crippen LogP contribution in [0.15, 0.2) is 43.1 Å². The van der Waals surface area contributed by atoms with Gasteiger partial charge in [0.05, 0.1) is 5.69 Å². The lowest BCUT2D eigenvalue weighted by atomic mass is 10.2. The van der Waals surface area contributed by atoms with Gasteiger partial charge in [-0.25, -0.2) is 9.97 Å². The number of hydrogen-bond acceptors (Lipinski definition) is 4. The third-order valence-electron chi connectivity index (χ3n) is 2.58. The number of nitrogens with zero attached hydrogens (tertiary/aromatic N) is 3. The summed E-state index contributed by atoms with van der Waals surface area (Å²) in [6, 6.07) is 5.21. The fraction of sp³-hybridized carbons (Fsp3) is 0.182. The van der Waals surface area contributed by atoms with E-state index in [2.05, 4.69) is 9.97 Å². The average Bonchev–Trinajstić information content (AvgIpc) is 2.38. The van der Waals surface area contributed by atoms with Gasteiger partial charge in [-0.1, -0.05) is 0 Å². The van der Waals surface area contributed by atoms with Crippen molar-refractivity contribution in [2.75, 3.05) is 0 Å². The van der Waals surface area contributed by atoms with Crippen LogP contribution in [-0.2, 0) is 10.1 Å². The molecule has 0 bridgehead atoms. The summed E-state index contributed by atoms with van der Waals surface area (Å²) in [5.74, 6) is 0. The molecular weight excluding hydrogens is 254 g/mol. The first-order chi connectivity index (χ1) is 8.48. The predicted molar refractivity (Wildman–Crippen MR) is 63.9 cm³/mol. The van der Waals surface area contributed by atoms with E-state index in [-0.39, 0.29) is 0 Å². The van der Waals surface area contributed by atoms with Crippen LogP contribution in [0.25, 0.3) is 11.3 Å². The van der Waals surface area contributed by atoms with E-state index in [9.17, 15) is 8.42 Å². The summed E-state index contributed by atoms with van der Waals surface area (Å²) in [6.45, 7) is 1.40. The Morgan fingerprint density at radius 1 is 1.28 bits per heavy atom. The van der Waals surface area contributed by atoms with Gasteiger partial charge in [0.25, 0.3) is 5.37 Å². The molecule has 2 heterocycles. The number of pyridine rings is 1. The topological polar surface area (TPSA) is 84.0 Å². The first-order valence-corrected chi connectivity index (χ1v) is 6.72. The summed E-state index contributed by atoms with van der Waals surface area (Å²) in [5.41, 5.74) is 1.59. The van der Waals surface area contributed by atoms with E-state index in [4.69, 9.17) is 4.55 Å². The number of hydrogen-bond donors (Lipinski definition) is 1. The Morgan fingerprint density at radius 3 is 2.44 bits per heavy atom. The van der Waals surface area contributed by atoms with Gasteiger partial charge < -0.3 is 0 Å². The molecule has 18 heavy (non-hydrogen) atoms. The summed E-state index contributed by atoms with van der Waals surface area (Å²) in [5, 5.41) is -1.02. The zero-order chi connectivity index (χ0) is 13.2. The van der Waals surface area contributed by atoms with Crippen LogP contribution in [0.3, 0.4) is 0 Å². The van der Waals surface area contributed by atoms with Gasteiger partial charge in [0, 0.05) is 30.8 Å². The molecule has 1 N–H and O–H groups in total. The van der Waals surface area contributed by atoms with Crippen molar-refractivity contribution in [2.45, 2.75) is 12.3 Å². The van der Waals surface area contributed by atoms with Crippen LogP contribution in [0.2, 0.25) is 0 Å². The second kappa shape index (κ2) is 4.79. The van der Waals surface area contributed by atoms with Crippen LogP contribution in [-0.4, -0.2) is 22.9 Å². The van der Waals surface area contributed by atoms with Crippen LogP contribution in [0, 0.1) is 0 Å². The van der Waals surface area contributed by atoms with Crippen LogP contribution in [0.1, 0.15) is 12.3 Å². The van der Waals surface area contributed by atoms with Crippen molar-refractivity contribution >= 4 is 10.1 Å². The molecule has 6 nitrogen and oxygen atoms in total. The van der Waals surface area contributed by atoms with E-state index >= 15 is 0 Å². The van der Waals surface area contributed by atoms with Gasteiger partial charge >= 0.3 is 10.1 Å². The Bertz CT molecular complexity index is 626. The summed E-state index contributed by atoms with van der Waals surface area (Å²) in [7, 11) is -4.10. The van der Waals surface area contributed by atoms with Crippen LogP contribution in [0.4, 0.5) is 0 Å². The molecule has 0 aliphatic rings. The zero-order valence-electron chi connectivity index (χ0n) is 9.63. The van der Waals surface area contributed by atoms with Crippen molar-refractivity contribution < 1.29 is 17.5 Å². The minimum atomic E-state index is -4.10. The largest absolute Gasteiger partial charge is 0.329 e. The van der Waals surface area contributed by atoms with Crippen LogP contribution < -0.4 is 4.57 Å². The fourth-order valence-corrected chi connectivity index (χ4v) is 1.91. The van der Waals surface area contributed by atoms with Gasteiger partial charge in [-0.15, -0.1) is 0 Å². The molecule has 1 unspecified atom stereocenters. The molecule has 0 fully saturated rings. The smallest absolute Gasteiger partial charge is 0.280 e. The van der Waals surface area contributed by atoms with Gasteiger partial charge in [0.2, 0.25) is 0 Å². The Morgan fingerprint density at radius 2 is 1.94 bits per heavy atom. The molecular formula is C11H12N3O3S+. The molecule has 0 amide bonds. The highest BCUT2D eigenvalue weighted by molar-refractivity contribution is 7.85. The van der Waals surface area contributed by atoms with E-state index in [1.807, 2.05) is 0 Å². The molecule has 0 aliphatic carbocycles. The molecule has 2 aromatic heterocycles. The highest BCUT2D eigenvalue weighted by atomic mass is 32.2. The minimum Gasteiger partial charge on any atom is -0.280 e. The first kappa shape index (κ1) is 12.6. The Kier molecular flexibility index (Phi) is 3.35. The molecule has 2 aromatic rings. The van der Waals surface area contributed by atoms with Crippen molar-refractivity contribution in [3.05, 3.63) is 43.1 Å². The summed E-state index contributed by atoms with van der Waals surface area (Å²) in [4.78, 5) is 7.90. The van der Waals surface area contributed by atoms with Gasteiger partial charge in [-0.3, -0.25) is 4.55 Å². The van der Waals surface area contributed by atoms with E-state index in [0.717, 1.165) is 11.3 Å². The normalized spacial score (nSPS) is 13.2. The molecule has 0 spiro atoms. The molecule has 0 radical (unpaired) electrons. The van der Waals surface area contributed by atoms with Gasteiger partial charge in [-0.2, -0.15) is 13.0 Å². The third kappa shape index (κ3) is 2.69. The molecule has 0 aromatic carbocycles. The molecule has 0 saturated heterocycles. The van der Waals surface area contributed by atoms with Crippen molar-refractivity contribution in [1.29, 1.82) is 0 Å². The van der Waals surface area contributed by atoms with Crippen molar-refractivity contribution in [1.82, 2.24) is 9.97 Å². The average molecular weight is 266 g/mol. The lowest BCUT2D eigenvalue weighted by Gasteiger charge is -2.04. The lowest BCUT2D eigenvalue weighted by Crippen LogP contribution is -2.41. The predicted octanol–water partition coefficient (Wildman–Crippen LogP) is 0.837. The van der Waals surface area contributed by atoms with Crippen LogP contribution >= 0.6 is 0 Å². The van der Waals surface area contributed by atoms with E-state index < -0.39 is 15.5 Å². The minimum absolute atomic E-state index is 0.747. The summed E-state index contributed by atoms with van der Waals surface area (Å²) < 4.78 is 32.4. The van der Waals surface area contributed by atoms with E-state index in [1.54, 1.807) is 36.8 Å². The monoisotopic (exact) mass is 266 g/mol. The Hall–Kier alpha value is -1.86. The molecule has 94 valence electrons. The van der Waals surface area contributed by atoms with Crippen molar-refractivity contribution in [3.8, 4) is 11.3 Å². The standard InChI is InChI=1S/C11H11N3O3S/c1-9(18(15,16)17)14-6-3-10(4-7-14)11-2-5-12-8-13-11/h2-9H,1H3/p+1. The molecule has 0 aliphatic heterocycles. The maximum Gasteiger partial charge on any atom is 0.329 e. The third-order valence-corrected chi connectivity index (χ3v) is 3.69. The Balaban J connectivity index is 2.32. The number of rotatable bonds is 3. The number of aromatic nitrogens is 3. The Labute approximate surface area is 105 Å². The summed E-state index contributed by atoms with van der Waals surface area (Å²) in [6.07, 6.45) is 6.23. The van der Waals surface area contributed by atoms with Crippen LogP contribution in [0.5, 0.6) is 0 Å². The molecule has 1 atom stereocenters. The first-order valence-electron chi connectivity index (χ1n) is 5.22.